The summed E-state index contributed by atoms with van der Waals surface area (Å²) < 4.78 is 5.14. The second kappa shape index (κ2) is 8.08. The van der Waals surface area contributed by atoms with Gasteiger partial charge in [-0.15, -0.1) is 0 Å². The van der Waals surface area contributed by atoms with Crippen LogP contribution in [0, 0.1) is 0 Å². The van der Waals surface area contributed by atoms with Crippen molar-refractivity contribution in [3.8, 4) is 5.75 Å². The minimum absolute atomic E-state index is 0.0321. The molecule has 0 radical (unpaired) electrons. The lowest BCUT2D eigenvalue weighted by Gasteiger charge is -2.25. The molecule has 1 heterocycles. The molecule has 1 saturated heterocycles. The molecule has 1 amide bonds. The molecule has 0 aliphatic carbocycles. The van der Waals surface area contributed by atoms with Crippen LogP contribution in [0.1, 0.15) is 37.4 Å². The molecular weight excluding hydrogens is 358 g/mol. The van der Waals surface area contributed by atoms with Crippen LogP contribution in [0.4, 0.5) is 0 Å². The molecule has 2 aromatic rings. The Kier molecular flexibility index (Phi) is 5.59. The quantitative estimate of drug-likeness (QED) is 0.283. The Hall–Kier alpha value is -3.41. The van der Waals surface area contributed by atoms with Crippen molar-refractivity contribution in [1.29, 1.82) is 0 Å². The van der Waals surface area contributed by atoms with Crippen molar-refractivity contribution < 1.29 is 24.2 Å². The minimum Gasteiger partial charge on any atom is -0.507 e. The third kappa shape index (κ3) is 3.67. The van der Waals surface area contributed by atoms with E-state index in [0.717, 1.165) is 0 Å². The van der Waals surface area contributed by atoms with Gasteiger partial charge < -0.3 is 14.7 Å². The molecular formula is C22H21NO5. The number of aliphatic hydroxyl groups is 1. The van der Waals surface area contributed by atoms with E-state index in [1.807, 2.05) is 6.92 Å². The third-order valence-corrected chi connectivity index (χ3v) is 4.49. The van der Waals surface area contributed by atoms with Crippen molar-refractivity contribution in [2.45, 2.75) is 26.3 Å². The molecule has 144 valence electrons. The van der Waals surface area contributed by atoms with Gasteiger partial charge in [-0.25, -0.2) is 0 Å². The van der Waals surface area contributed by atoms with Crippen LogP contribution in [0.2, 0.25) is 0 Å². The summed E-state index contributed by atoms with van der Waals surface area (Å²) in [6.45, 7) is 3.56. The molecule has 0 bridgehead atoms. The van der Waals surface area contributed by atoms with Gasteiger partial charge in [0.2, 0.25) is 0 Å². The van der Waals surface area contributed by atoms with Crippen LogP contribution in [-0.4, -0.2) is 34.2 Å². The predicted molar refractivity (Wildman–Crippen MR) is 103 cm³/mol. The van der Waals surface area contributed by atoms with Crippen LogP contribution in [0.3, 0.4) is 0 Å². The summed E-state index contributed by atoms with van der Waals surface area (Å²) in [6, 6.07) is 14.5. The molecule has 3 rings (SSSR count). The molecule has 28 heavy (non-hydrogen) atoms. The SMILES string of the molecule is CCCN1C(=O)C(=O)/C(=C(\O)c2ccccc2)C1c1cccc(OC(C)=O)c1. The number of rotatable bonds is 5. The Morgan fingerprint density at radius 3 is 2.46 bits per heavy atom. The van der Waals surface area contributed by atoms with Crippen molar-refractivity contribution in [2.24, 2.45) is 0 Å². The van der Waals surface area contributed by atoms with Gasteiger partial charge in [-0.3, -0.25) is 14.4 Å². The van der Waals surface area contributed by atoms with Crippen molar-refractivity contribution in [3.63, 3.8) is 0 Å². The number of aliphatic hydroxyl groups excluding tert-OH is 1. The maximum atomic E-state index is 12.8. The number of carbonyl (C=O) groups is 3. The first-order valence-electron chi connectivity index (χ1n) is 9.06. The monoisotopic (exact) mass is 379 g/mol. The highest BCUT2D eigenvalue weighted by molar-refractivity contribution is 6.46. The Balaban J connectivity index is 2.16. The van der Waals surface area contributed by atoms with Crippen LogP contribution in [-0.2, 0) is 14.4 Å². The molecule has 0 spiro atoms. The average molecular weight is 379 g/mol. The molecule has 2 aromatic carbocycles. The van der Waals surface area contributed by atoms with Gasteiger partial charge in [0.05, 0.1) is 11.6 Å². The Bertz CT molecular complexity index is 948. The van der Waals surface area contributed by atoms with E-state index in [4.69, 9.17) is 4.74 Å². The van der Waals surface area contributed by atoms with Gasteiger partial charge >= 0.3 is 5.97 Å². The van der Waals surface area contributed by atoms with E-state index >= 15 is 0 Å². The molecule has 6 nitrogen and oxygen atoms in total. The van der Waals surface area contributed by atoms with Gasteiger partial charge in [0.25, 0.3) is 11.7 Å². The summed E-state index contributed by atoms with van der Waals surface area (Å²) in [5.74, 6) is -1.75. The molecule has 1 aliphatic rings. The number of amides is 1. The summed E-state index contributed by atoms with van der Waals surface area (Å²) in [7, 11) is 0. The number of esters is 1. The van der Waals surface area contributed by atoms with E-state index in [2.05, 4.69) is 0 Å². The first-order chi connectivity index (χ1) is 13.4. The normalized spacial score (nSPS) is 18.4. The van der Waals surface area contributed by atoms with Crippen molar-refractivity contribution in [3.05, 3.63) is 71.3 Å². The van der Waals surface area contributed by atoms with E-state index in [0.29, 0.717) is 29.8 Å². The number of hydrogen-bond donors (Lipinski definition) is 1. The number of likely N-dealkylation sites (tertiary alicyclic amines) is 1. The van der Waals surface area contributed by atoms with E-state index in [-0.39, 0.29) is 11.3 Å². The summed E-state index contributed by atoms with van der Waals surface area (Å²) in [4.78, 5) is 38.1. The highest BCUT2D eigenvalue weighted by atomic mass is 16.5. The zero-order valence-electron chi connectivity index (χ0n) is 15.7. The summed E-state index contributed by atoms with van der Waals surface area (Å²) in [5, 5.41) is 10.8. The first-order valence-corrected chi connectivity index (χ1v) is 9.06. The molecule has 0 aromatic heterocycles. The smallest absolute Gasteiger partial charge is 0.308 e. The van der Waals surface area contributed by atoms with Crippen LogP contribution in [0.5, 0.6) is 5.75 Å². The largest absolute Gasteiger partial charge is 0.507 e. The number of benzene rings is 2. The van der Waals surface area contributed by atoms with Crippen molar-refractivity contribution >= 4 is 23.4 Å². The Morgan fingerprint density at radius 1 is 1.11 bits per heavy atom. The fourth-order valence-corrected chi connectivity index (χ4v) is 3.36. The van der Waals surface area contributed by atoms with E-state index in [9.17, 15) is 19.5 Å². The molecule has 1 fully saturated rings. The van der Waals surface area contributed by atoms with Gasteiger partial charge in [0.15, 0.2) is 0 Å². The Labute approximate surface area is 163 Å². The number of Topliss-reactive ketones (excluding diaryl/α,β-unsaturated/α-hetero) is 1. The van der Waals surface area contributed by atoms with E-state index in [1.165, 1.54) is 11.8 Å². The molecule has 0 saturated carbocycles. The average Bonchev–Trinajstić information content (AvgIpc) is 2.93. The molecule has 6 heteroatoms. The van der Waals surface area contributed by atoms with Gasteiger partial charge in [-0.2, -0.15) is 0 Å². The number of nitrogens with zero attached hydrogens (tertiary/aromatic N) is 1. The number of ether oxygens (including phenoxy) is 1. The van der Waals surface area contributed by atoms with Crippen LogP contribution < -0.4 is 4.74 Å². The zero-order chi connectivity index (χ0) is 20.3. The van der Waals surface area contributed by atoms with E-state index in [1.54, 1.807) is 54.6 Å². The lowest BCUT2D eigenvalue weighted by atomic mass is 9.95. The predicted octanol–water partition coefficient (Wildman–Crippen LogP) is 3.44. The number of hydrogen-bond acceptors (Lipinski definition) is 5. The number of ketones is 1. The Morgan fingerprint density at radius 2 is 1.82 bits per heavy atom. The first kappa shape index (κ1) is 19.4. The van der Waals surface area contributed by atoms with Gasteiger partial charge in [0, 0.05) is 19.0 Å². The number of carbonyl (C=O) groups excluding carboxylic acids is 3. The maximum Gasteiger partial charge on any atom is 0.308 e. The van der Waals surface area contributed by atoms with Crippen molar-refractivity contribution in [2.75, 3.05) is 6.54 Å². The fraction of sp³-hybridized carbons (Fsp3) is 0.227. The lowest BCUT2D eigenvalue weighted by Crippen LogP contribution is -2.30. The summed E-state index contributed by atoms with van der Waals surface area (Å²) in [5.41, 5.74) is 1.08. The third-order valence-electron chi connectivity index (χ3n) is 4.49. The standard InChI is InChI=1S/C22H21NO5/c1-3-12-23-19(16-10-7-11-17(13-16)28-14(2)24)18(21(26)22(23)27)20(25)15-8-5-4-6-9-15/h4-11,13,19,25H,3,12H2,1-2H3/b20-18-. The van der Waals surface area contributed by atoms with Gasteiger partial charge in [-0.1, -0.05) is 49.4 Å². The molecule has 1 atom stereocenters. The van der Waals surface area contributed by atoms with Crippen LogP contribution >= 0.6 is 0 Å². The highest BCUT2D eigenvalue weighted by Gasteiger charge is 2.45. The topological polar surface area (TPSA) is 83.9 Å². The maximum absolute atomic E-state index is 12.8. The van der Waals surface area contributed by atoms with Gasteiger partial charge in [0.1, 0.15) is 11.5 Å². The van der Waals surface area contributed by atoms with Crippen LogP contribution in [0.15, 0.2) is 60.2 Å². The van der Waals surface area contributed by atoms with Crippen molar-refractivity contribution in [1.82, 2.24) is 4.90 Å². The molecule has 1 aliphatic heterocycles. The minimum atomic E-state index is -0.754. The van der Waals surface area contributed by atoms with E-state index < -0.39 is 23.7 Å². The zero-order valence-corrected chi connectivity index (χ0v) is 15.7. The second-order valence-electron chi connectivity index (χ2n) is 6.52. The highest BCUT2D eigenvalue weighted by Crippen LogP contribution is 2.40. The van der Waals surface area contributed by atoms with Crippen LogP contribution in [0.25, 0.3) is 5.76 Å². The second-order valence-corrected chi connectivity index (χ2v) is 6.52. The van der Waals surface area contributed by atoms with Gasteiger partial charge in [-0.05, 0) is 24.1 Å². The summed E-state index contributed by atoms with van der Waals surface area (Å²) in [6.07, 6.45) is 0.651. The molecule has 1 N–H and O–H groups in total. The lowest BCUT2D eigenvalue weighted by molar-refractivity contribution is -0.139. The fourth-order valence-electron chi connectivity index (χ4n) is 3.36. The molecule has 1 unspecified atom stereocenters. The summed E-state index contributed by atoms with van der Waals surface area (Å²) >= 11 is 0.